The number of methoxy groups -OCH3 is 1. The van der Waals surface area contributed by atoms with Crippen molar-refractivity contribution in [3.05, 3.63) is 0 Å². The molecule has 2 N–H and O–H groups in total. The summed E-state index contributed by atoms with van der Waals surface area (Å²) >= 11 is 0. The number of carbonyl (C=O) groups excluding carboxylic acids is 2. The molecule has 0 spiro atoms. The number of carboxylic acid groups (broad SMARTS) is 1. The number of urea groups is 1. The van der Waals surface area contributed by atoms with Gasteiger partial charge < -0.3 is 20.1 Å². The van der Waals surface area contributed by atoms with Crippen molar-refractivity contribution in [2.75, 3.05) is 14.2 Å². The smallest absolute Gasteiger partial charge is 0.326 e. The summed E-state index contributed by atoms with van der Waals surface area (Å²) in [5, 5.41) is 11.4. The maximum atomic E-state index is 11.8. The van der Waals surface area contributed by atoms with Crippen LogP contribution < -0.4 is 5.32 Å². The average molecular weight is 272 g/mol. The lowest BCUT2D eigenvalue weighted by atomic mass is 9.92. The monoisotopic (exact) mass is 272 g/mol. The number of rotatable bonds is 6. The molecule has 0 unspecified atom stereocenters. The third-order valence-corrected chi connectivity index (χ3v) is 3.40. The second kappa shape index (κ2) is 6.96. The summed E-state index contributed by atoms with van der Waals surface area (Å²) in [4.78, 5) is 35.4. The zero-order valence-electron chi connectivity index (χ0n) is 11.2. The van der Waals surface area contributed by atoms with Crippen LogP contribution in [0.3, 0.4) is 0 Å². The lowest BCUT2D eigenvalue weighted by Crippen LogP contribution is -2.51. The number of ether oxygens (including phenoxy) is 1. The van der Waals surface area contributed by atoms with Crippen LogP contribution in [0, 0.1) is 0 Å². The standard InChI is InChI=1S/C12H20N2O5/c1-14(8-4-3-5-8)12(18)13-9(11(16)17)6-7-10(15)19-2/h8-9H,3-7H2,1-2H3,(H,13,18)(H,16,17)/t9-/m1/s1. The molecule has 1 aliphatic rings. The Morgan fingerprint density at radius 1 is 1.42 bits per heavy atom. The van der Waals surface area contributed by atoms with Crippen molar-refractivity contribution in [3.63, 3.8) is 0 Å². The molecule has 0 saturated heterocycles. The van der Waals surface area contributed by atoms with Crippen LogP contribution in [0.2, 0.25) is 0 Å². The highest BCUT2D eigenvalue weighted by molar-refractivity contribution is 5.83. The Bertz CT molecular complexity index is 354. The molecule has 1 rings (SSSR count). The molecule has 0 bridgehead atoms. The maximum Gasteiger partial charge on any atom is 0.326 e. The first-order chi connectivity index (χ1) is 8.95. The minimum Gasteiger partial charge on any atom is -0.480 e. The van der Waals surface area contributed by atoms with Gasteiger partial charge in [0.05, 0.1) is 7.11 Å². The van der Waals surface area contributed by atoms with Crippen LogP contribution in [-0.4, -0.2) is 54.2 Å². The predicted molar refractivity (Wildman–Crippen MR) is 66.6 cm³/mol. The van der Waals surface area contributed by atoms with Crippen LogP contribution in [0.1, 0.15) is 32.1 Å². The summed E-state index contributed by atoms with van der Waals surface area (Å²) in [5.41, 5.74) is 0. The van der Waals surface area contributed by atoms with Crippen molar-refractivity contribution >= 4 is 18.0 Å². The van der Waals surface area contributed by atoms with Crippen molar-refractivity contribution in [3.8, 4) is 0 Å². The van der Waals surface area contributed by atoms with Gasteiger partial charge in [-0.2, -0.15) is 0 Å². The fourth-order valence-electron chi connectivity index (χ4n) is 1.81. The number of carbonyl (C=O) groups is 3. The summed E-state index contributed by atoms with van der Waals surface area (Å²) in [5.74, 6) is -1.65. The fourth-order valence-corrected chi connectivity index (χ4v) is 1.81. The highest BCUT2D eigenvalue weighted by atomic mass is 16.5. The molecule has 1 aliphatic carbocycles. The molecule has 0 aromatic rings. The summed E-state index contributed by atoms with van der Waals surface area (Å²) in [6, 6.07) is -1.30. The van der Waals surface area contributed by atoms with Crippen LogP contribution in [0.15, 0.2) is 0 Å². The van der Waals surface area contributed by atoms with E-state index in [1.165, 1.54) is 12.0 Å². The molecule has 0 aromatic heterocycles. The maximum absolute atomic E-state index is 11.8. The Morgan fingerprint density at radius 3 is 2.47 bits per heavy atom. The van der Waals surface area contributed by atoms with Crippen LogP contribution >= 0.6 is 0 Å². The van der Waals surface area contributed by atoms with E-state index in [4.69, 9.17) is 5.11 Å². The Labute approximate surface area is 111 Å². The molecule has 2 amide bonds. The molecule has 7 heteroatoms. The molecular formula is C12H20N2O5. The molecule has 1 atom stereocenters. The highest BCUT2D eigenvalue weighted by Gasteiger charge is 2.28. The molecule has 108 valence electrons. The third-order valence-electron chi connectivity index (χ3n) is 3.40. The normalized spacial score (nSPS) is 16.1. The first-order valence-corrected chi connectivity index (χ1v) is 6.28. The van der Waals surface area contributed by atoms with E-state index in [-0.39, 0.29) is 18.9 Å². The van der Waals surface area contributed by atoms with E-state index in [0.29, 0.717) is 0 Å². The molecule has 19 heavy (non-hydrogen) atoms. The van der Waals surface area contributed by atoms with E-state index in [1.807, 2.05) is 0 Å². The Morgan fingerprint density at radius 2 is 2.05 bits per heavy atom. The van der Waals surface area contributed by atoms with E-state index in [2.05, 4.69) is 10.1 Å². The number of amides is 2. The third kappa shape index (κ3) is 4.42. The second-order valence-corrected chi connectivity index (χ2v) is 4.65. The molecule has 0 aliphatic heterocycles. The van der Waals surface area contributed by atoms with Gasteiger partial charge in [-0.25, -0.2) is 9.59 Å². The number of carboxylic acids is 1. The topological polar surface area (TPSA) is 95.9 Å². The van der Waals surface area contributed by atoms with E-state index >= 15 is 0 Å². The summed E-state index contributed by atoms with van der Waals surface area (Å²) < 4.78 is 4.44. The van der Waals surface area contributed by atoms with Gasteiger partial charge in [0.2, 0.25) is 0 Å². The number of esters is 1. The Kier molecular flexibility index (Phi) is 5.59. The Hall–Kier alpha value is -1.79. The van der Waals surface area contributed by atoms with Gasteiger partial charge in [0.1, 0.15) is 6.04 Å². The zero-order valence-corrected chi connectivity index (χ0v) is 11.2. The van der Waals surface area contributed by atoms with E-state index in [1.54, 1.807) is 7.05 Å². The van der Waals surface area contributed by atoms with Gasteiger partial charge in [0.15, 0.2) is 0 Å². The van der Waals surface area contributed by atoms with Crippen molar-refractivity contribution in [2.45, 2.75) is 44.2 Å². The molecule has 7 nitrogen and oxygen atoms in total. The first-order valence-electron chi connectivity index (χ1n) is 6.28. The average Bonchev–Trinajstić information content (AvgIpc) is 2.30. The molecular weight excluding hydrogens is 252 g/mol. The van der Waals surface area contributed by atoms with Gasteiger partial charge in [0.25, 0.3) is 0 Å². The van der Waals surface area contributed by atoms with Crippen LogP contribution in [0.25, 0.3) is 0 Å². The molecule has 0 radical (unpaired) electrons. The number of nitrogens with one attached hydrogen (secondary N) is 1. The quantitative estimate of drug-likeness (QED) is 0.690. The number of hydrogen-bond acceptors (Lipinski definition) is 4. The fraction of sp³-hybridized carbons (Fsp3) is 0.750. The minimum atomic E-state index is -1.15. The van der Waals surface area contributed by atoms with E-state index in [9.17, 15) is 14.4 Å². The Balaban J connectivity index is 2.45. The SMILES string of the molecule is COC(=O)CC[C@@H](NC(=O)N(C)C1CCC1)C(=O)O. The number of hydrogen-bond donors (Lipinski definition) is 2. The van der Waals surface area contributed by atoms with Crippen LogP contribution in [0.4, 0.5) is 4.79 Å². The van der Waals surface area contributed by atoms with Gasteiger partial charge in [0, 0.05) is 19.5 Å². The van der Waals surface area contributed by atoms with Crippen molar-refractivity contribution in [2.24, 2.45) is 0 Å². The van der Waals surface area contributed by atoms with Gasteiger partial charge in [-0.05, 0) is 25.7 Å². The summed E-state index contributed by atoms with van der Waals surface area (Å²) in [7, 11) is 2.89. The van der Waals surface area contributed by atoms with Crippen LogP contribution in [-0.2, 0) is 14.3 Å². The van der Waals surface area contributed by atoms with Gasteiger partial charge >= 0.3 is 18.0 Å². The van der Waals surface area contributed by atoms with Gasteiger partial charge in [-0.15, -0.1) is 0 Å². The summed E-state index contributed by atoms with van der Waals surface area (Å²) in [6.45, 7) is 0. The van der Waals surface area contributed by atoms with E-state index in [0.717, 1.165) is 19.3 Å². The van der Waals surface area contributed by atoms with Crippen molar-refractivity contribution < 1.29 is 24.2 Å². The molecule has 0 heterocycles. The zero-order chi connectivity index (χ0) is 14.4. The summed E-state index contributed by atoms with van der Waals surface area (Å²) in [6.07, 6.45) is 2.97. The van der Waals surface area contributed by atoms with Gasteiger partial charge in [-0.3, -0.25) is 4.79 Å². The largest absolute Gasteiger partial charge is 0.480 e. The highest BCUT2D eigenvalue weighted by Crippen LogP contribution is 2.23. The lowest BCUT2D eigenvalue weighted by molar-refractivity contribution is -0.142. The molecule has 1 fully saturated rings. The minimum absolute atomic E-state index is 0.0201. The first kappa shape index (κ1) is 15.3. The predicted octanol–water partition coefficient (Wildman–Crippen LogP) is 0.587. The second-order valence-electron chi connectivity index (χ2n) is 4.65. The lowest BCUT2D eigenvalue weighted by Gasteiger charge is -2.35. The number of nitrogens with zero attached hydrogens (tertiary/aromatic N) is 1. The van der Waals surface area contributed by atoms with Crippen molar-refractivity contribution in [1.29, 1.82) is 0 Å². The van der Waals surface area contributed by atoms with Crippen LogP contribution in [0.5, 0.6) is 0 Å². The van der Waals surface area contributed by atoms with Gasteiger partial charge in [-0.1, -0.05) is 0 Å². The number of aliphatic carboxylic acids is 1. The molecule has 0 aromatic carbocycles. The van der Waals surface area contributed by atoms with E-state index < -0.39 is 24.0 Å². The van der Waals surface area contributed by atoms with Crippen molar-refractivity contribution in [1.82, 2.24) is 10.2 Å². The molecule has 1 saturated carbocycles.